The molecule has 1 aromatic carbocycles. The maximum absolute atomic E-state index is 13.0. The Labute approximate surface area is 154 Å². The summed E-state index contributed by atoms with van der Waals surface area (Å²) in [5, 5.41) is 3.34. The molecule has 0 unspecified atom stereocenters. The summed E-state index contributed by atoms with van der Waals surface area (Å²) in [7, 11) is 0. The molecule has 0 spiro atoms. The van der Waals surface area contributed by atoms with E-state index in [0.717, 1.165) is 57.4 Å². The van der Waals surface area contributed by atoms with Gasteiger partial charge >= 0.3 is 0 Å². The van der Waals surface area contributed by atoms with Crippen molar-refractivity contribution in [2.24, 2.45) is 0 Å². The summed E-state index contributed by atoms with van der Waals surface area (Å²) in [4.78, 5) is 11.6. The van der Waals surface area contributed by atoms with Crippen LogP contribution in [0.4, 0.5) is 21.6 Å². The average Bonchev–Trinajstić information content (AvgIpc) is 3.10. The number of nitrogens with one attached hydrogen (secondary N) is 1. The summed E-state index contributed by atoms with van der Waals surface area (Å²) in [6, 6.07) is 11.0. The lowest BCUT2D eigenvalue weighted by molar-refractivity contribution is 0.253. The van der Waals surface area contributed by atoms with E-state index in [-0.39, 0.29) is 5.82 Å². The van der Waals surface area contributed by atoms with Crippen molar-refractivity contribution in [1.82, 2.24) is 9.88 Å². The second-order valence-electron chi connectivity index (χ2n) is 6.98. The number of halogens is 1. The molecule has 26 heavy (non-hydrogen) atoms. The molecule has 5 nitrogen and oxygen atoms in total. The summed E-state index contributed by atoms with van der Waals surface area (Å²) < 4.78 is 13.0. The molecule has 4 rings (SSSR count). The van der Waals surface area contributed by atoms with Gasteiger partial charge in [-0.25, -0.2) is 9.37 Å². The van der Waals surface area contributed by atoms with Gasteiger partial charge in [0.2, 0.25) is 0 Å². The number of hydrogen-bond acceptors (Lipinski definition) is 5. The lowest BCUT2D eigenvalue weighted by Crippen LogP contribution is -2.46. The zero-order valence-electron chi connectivity index (χ0n) is 15.1. The molecule has 2 aliphatic heterocycles. The Bertz CT molecular complexity index is 712. The molecule has 1 fully saturated rings. The normalized spacial score (nSPS) is 17.3. The molecule has 0 amide bonds. The van der Waals surface area contributed by atoms with E-state index in [1.807, 2.05) is 24.4 Å². The molecule has 0 saturated carbocycles. The van der Waals surface area contributed by atoms with E-state index in [9.17, 15) is 4.39 Å². The number of pyridine rings is 1. The molecule has 2 aromatic rings. The maximum Gasteiger partial charge on any atom is 0.150 e. The van der Waals surface area contributed by atoms with Gasteiger partial charge in [-0.2, -0.15) is 0 Å². The molecule has 0 radical (unpaired) electrons. The van der Waals surface area contributed by atoms with Crippen molar-refractivity contribution in [3.63, 3.8) is 0 Å². The van der Waals surface area contributed by atoms with Crippen molar-refractivity contribution >= 4 is 17.2 Å². The fraction of sp³-hybridized carbons (Fsp3) is 0.450. The molecular weight excluding hydrogens is 329 g/mol. The number of hydrogen-bond donors (Lipinski definition) is 1. The average molecular weight is 355 g/mol. The molecule has 0 bridgehead atoms. The minimum atomic E-state index is -0.168. The number of aromatic nitrogens is 1. The molecule has 1 saturated heterocycles. The number of anilines is 3. The fourth-order valence-corrected chi connectivity index (χ4v) is 3.76. The molecule has 0 aliphatic carbocycles. The van der Waals surface area contributed by atoms with E-state index in [1.165, 1.54) is 18.5 Å². The van der Waals surface area contributed by atoms with E-state index < -0.39 is 0 Å². The Hall–Kier alpha value is -2.34. The molecule has 1 aromatic heterocycles. The fourth-order valence-electron chi connectivity index (χ4n) is 3.76. The summed E-state index contributed by atoms with van der Waals surface area (Å²) in [5.41, 5.74) is 2.35. The lowest BCUT2D eigenvalue weighted by Gasteiger charge is -2.36. The molecule has 0 atom stereocenters. The van der Waals surface area contributed by atoms with Gasteiger partial charge in [0.25, 0.3) is 0 Å². The number of nitrogens with zero attached hydrogens (tertiary/aromatic N) is 4. The highest BCUT2D eigenvalue weighted by molar-refractivity contribution is 5.70. The topological polar surface area (TPSA) is 34.6 Å². The van der Waals surface area contributed by atoms with Gasteiger partial charge in [-0.3, -0.25) is 4.90 Å². The summed E-state index contributed by atoms with van der Waals surface area (Å²) in [5.74, 6) is 0.836. The summed E-state index contributed by atoms with van der Waals surface area (Å²) >= 11 is 0. The van der Waals surface area contributed by atoms with Gasteiger partial charge in [0.05, 0.1) is 12.4 Å². The number of benzene rings is 1. The number of unbranched alkanes of at least 4 members (excludes halogenated alkanes) is 1. The SMILES string of the molecule is Fc1ccc(N2CCN(CCCCN3CNc4ncccc43)CC2)cc1. The largest absolute Gasteiger partial charge is 0.369 e. The molecule has 3 heterocycles. The first kappa shape index (κ1) is 17.1. The third-order valence-corrected chi connectivity index (χ3v) is 5.28. The van der Waals surface area contributed by atoms with Crippen molar-refractivity contribution in [2.75, 3.05) is 61.1 Å². The van der Waals surface area contributed by atoms with Crippen molar-refractivity contribution in [2.45, 2.75) is 12.8 Å². The highest BCUT2D eigenvalue weighted by Crippen LogP contribution is 2.28. The molecule has 6 heteroatoms. The van der Waals surface area contributed by atoms with E-state index >= 15 is 0 Å². The standard InChI is InChI=1S/C20H26FN5/c21-17-5-7-18(8-6-17)25-14-12-24(13-15-25)10-1-2-11-26-16-23-20-19(26)4-3-9-22-20/h3-9H,1-2,10-16H2,(H,22,23). The van der Waals surface area contributed by atoms with Gasteiger partial charge in [0.15, 0.2) is 5.82 Å². The quantitative estimate of drug-likeness (QED) is 0.806. The minimum absolute atomic E-state index is 0.168. The van der Waals surface area contributed by atoms with Crippen LogP contribution in [0.15, 0.2) is 42.6 Å². The highest BCUT2D eigenvalue weighted by atomic mass is 19.1. The maximum atomic E-state index is 13.0. The Morgan fingerprint density at radius 1 is 0.962 bits per heavy atom. The number of piperazine rings is 1. The summed E-state index contributed by atoms with van der Waals surface area (Å²) in [6.45, 7) is 7.27. The van der Waals surface area contributed by atoms with E-state index in [2.05, 4.69) is 31.1 Å². The monoisotopic (exact) mass is 355 g/mol. The summed E-state index contributed by atoms with van der Waals surface area (Å²) in [6.07, 6.45) is 4.23. The lowest BCUT2D eigenvalue weighted by atomic mass is 10.2. The van der Waals surface area contributed by atoms with Gasteiger partial charge in [0, 0.05) is 44.6 Å². The van der Waals surface area contributed by atoms with Gasteiger partial charge in [0.1, 0.15) is 5.82 Å². The molecular formula is C20H26FN5. The van der Waals surface area contributed by atoms with E-state index in [0.29, 0.717) is 0 Å². The number of fused-ring (bicyclic) bond motifs is 1. The van der Waals surface area contributed by atoms with Crippen LogP contribution in [0.5, 0.6) is 0 Å². The first-order valence-electron chi connectivity index (χ1n) is 9.46. The minimum Gasteiger partial charge on any atom is -0.369 e. The third-order valence-electron chi connectivity index (χ3n) is 5.28. The zero-order valence-corrected chi connectivity index (χ0v) is 15.1. The van der Waals surface area contributed by atoms with Crippen LogP contribution < -0.4 is 15.1 Å². The Morgan fingerprint density at radius 2 is 1.73 bits per heavy atom. The second kappa shape index (κ2) is 7.91. The molecule has 138 valence electrons. The predicted octanol–water partition coefficient (Wildman–Crippen LogP) is 3.01. The van der Waals surface area contributed by atoms with Crippen LogP contribution in [0, 0.1) is 5.82 Å². The van der Waals surface area contributed by atoms with Gasteiger partial charge in [-0.1, -0.05) is 0 Å². The van der Waals surface area contributed by atoms with Crippen LogP contribution in [0.3, 0.4) is 0 Å². The predicted molar refractivity (Wildman–Crippen MR) is 104 cm³/mol. The van der Waals surface area contributed by atoms with Crippen molar-refractivity contribution in [3.8, 4) is 0 Å². The Kier molecular flexibility index (Phi) is 5.20. The van der Waals surface area contributed by atoms with Crippen molar-refractivity contribution in [1.29, 1.82) is 0 Å². The van der Waals surface area contributed by atoms with E-state index in [4.69, 9.17) is 0 Å². The second-order valence-corrected chi connectivity index (χ2v) is 6.98. The Balaban J connectivity index is 1.16. The molecule has 1 N–H and O–H groups in total. The van der Waals surface area contributed by atoms with Gasteiger partial charge < -0.3 is 15.1 Å². The van der Waals surface area contributed by atoms with Crippen molar-refractivity contribution < 1.29 is 4.39 Å². The third kappa shape index (κ3) is 3.90. The van der Waals surface area contributed by atoms with Gasteiger partial charge in [-0.05, 0) is 55.8 Å². The Morgan fingerprint density at radius 3 is 2.54 bits per heavy atom. The molecule has 2 aliphatic rings. The van der Waals surface area contributed by atoms with Crippen LogP contribution in [0.2, 0.25) is 0 Å². The van der Waals surface area contributed by atoms with Crippen LogP contribution in [0.1, 0.15) is 12.8 Å². The van der Waals surface area contributed by atoms with E-state index in [1.54, 1.807) is 12.1 Å². The number of rotatable bonds is 6. The highest BCUT2D eigenvalue weighted by Gasteiger charge is 2.19. The van der Waals surface area contributed by atoms with Crippen LogP contribution in [-0.2, 0) is 0 Å². The van der Waals surface area contributed by atoms with Crippen LogP contribution >= 0.6 is 0 Å². The van der Waals surface area contributed by atoms with Gasteiger partial charge in [-0.15, -0.1) is 0 Å². The first-order chi connectivity index (χ1) is 12.8. The first-order valence-corrected chi connectivity index (χ1v) is 9.46. The van der Waals surface area contributed by atoms with Crippen molar-refractivity contribution in [3.05, 3.63) is 48.4 Å². The smallest absolute Gasteiger partial charge is 0.150 e. The van der Waals surface area contributed by atoms with Crippen LogP contribution in [0.25, 0.3) is 0 Å². The zero-order chi connectivity index (χ0) is 17.8. The van der Waals surface area contributed by atoms with Crippen LogP contribution in [-0.4, -0.2) is 55.8 Å².